The van der Waals surface area contributed by atoms with E-state index in [4.69, 9.17) is 4.84 Å². The molecule has 0 aliphatic rings. The zero-order valence-corrected chi connectivity index (χ0v) is 8.31. The number of oxime groups is 1. The monoisotopic (exact) mass is 184 g/mol. The molecule has 0 aliphatic heterocycles. The van der Waals surface area contributed by atoms with Crippen molar-refractivity contribution in [1.29, 1.82) is 0 Å². The van der Waals surface area contributed by atoms with Crippen LogP contribution in [0.2, 0.25) is 0 Å². The van der Waals surface area contributed by atoms with Crippen molar-refractivity contribution >= 4 is 17.0 Å². The van der Waals surface area contributed by atoms with Crippen LogP contribution in [0.4, 0.5) is 0 Å². The van der Waals surface area contributed by atoms with Crippen LogP contribution in [0.25, 0.3) is 0 Å². The minimum absolute atomic E-state index is 0.598. The van der Waals surface area contributed by atoms with Crippen LogP contribution in [-0.2, 0) is 4.84 Å². The largest absolute Gasteiger partial charge is 0.396 e. The van der Waals surface area contributed by atoms with E-state index in [0.29, 0.717) is 6.61 Å². The first-order valence-corrected chi connectivity index (χ1v) is 4.71. The van der Waals surface area contributed by atoms with Gasteiger partial charge in [-0.1, -0.05) is 5.16 Å². The van der Waals surface area contributed by atoms with Gasteiger partial charge in [0, 0.05) is 5.38 Å². The molecule has 0 unspecified atom stereocenters. The molecule has 0 fully saturated rings. The Bertz CT molecular complexity index is 280. The highest BCUT2D eigenvalue weighted by Crippen LogP contribution is 2.08. The molecule has 1 aromatic heterocycles. The van der Waals surface area contributed by atoms with Crippen molar-refractivity contribution in [2.75, 3.05) is 6.61 Å². The van der Waals surface area contributed by atoms with Crippen LogP contribution in [0.3, 0.4) is 0 Å². The van der Waals surface area contributed by atoms with Gasteiger partial charge in [-0.25, -0.2) is 4.98 Å². The van der Waals surface area contributed by atoms with Crippen LogP contribution < -0.4 is 0 Å². The summed E-state index contributed by atoms with van der Waals surface area (Å²) in [5, 5.41) is 6.92. The molecule has 0 amide bonds. The lowest BCUT2D eigenvalue weighted by atomic mass is 10.3. The Labute approximate surface area is 76.1 Å². The molecule has 0 atom stereocenters. The maximum atomic E-state index is 4.91. The van der Waals surface area contributed by atoms with E-state index in [1.54, 1.807) is 11.3 Å². The SMILES string of the molecule is CCO/N=C(\C)c1csc(C)n1. The number of aryl methyl sites for hydroxylation is 1. The summed E-state index contributed by atoms with van der Waals surface area (Å²) in [6.07, 6.45) is 0. The highest BCUT2D eigenvalue weighted by Gasteiger charge is 2.01. The van der Waals surface area contributed by atoms with Gasteiger partial charge in [-0.3, -0.25) is 0 Å². The molecule has 0 saturated carbocycles. The van der Waals surface area contributed by atoms with E-state index < -0.39 is 0 Å². The van der Waals surface area contributed by atoms with E-state index in [1.807, 2.05) is 26.2 Å². The molecule has 1 rings (SSSR count). The van der Waals surface area contributed by atoms with E-state index in [1.165, 1.54) is 0 Å². The summed E-state index contributed by atoms with van der Waals surface area (Å²) in [6.45, 7) is 6.37. The Balaban J connectivity index is 2.70. The molecule has 0 bridgehead atoms. The summed E-state index contributed by atoms with van der Waals surface area (Å²) in [4.78, 5) is 9.18. The van der Waals surface area contributed by atoms with Gasteiger partial charge in [0.25, 0.3) is 0 Å². The van der Waals surface area contributed by atoms with Gasteiger partial charge in [-0.15, -0.1) is 11.3 Å². The Morgan fingerprint density at radius 2 is 2.50 bits per heavy atom. The zero-order valence-electron chi connectivity index (χ0n) is 7.50. The van der Waals surface area contributed by atoms with Crippen LogP contribution in [0.1, 0.15) is 24.5 Å². The van der Waals surface area contributed by atoms with E-state index in [-0.39, 0.29) is 0 Å². The second-order valence-electron chi connectivity index (χ2n) is 2.35. The van der Waals surface area contributed by atoms with E-state index >= 15 is 0 Å². The molecule has 1 heterocycles. The highest BCUT2D eigenvalue weighted by molar-refractivity contribution is 7.09. The fraction of sp³-hybridized carbons (Fsp3) is 0.500. The average molecular weight is 184 g/mol. The summed E-state index contributed by atoms with van der Waals surface area (Å²) >= 11 is 1.62. The van der Waals surface area contributed by atoms with Gasteiger partial charge in [0.2, 0.25) is 0 Å². The Hall–Kier alpha value is -0.900. The van der Waals surface area contributed by atoms with Crippen LogP contribution in [0, 0.1) is 6.92 Å². The van der Waals surface area contributed by atoms with Crippen LogP contribution in [0.5, 0.6) is 0 Å². The Morgan fingerprint density at radius 1 is 1.75 bits per heavy atom. The maximum absolute atomic E-state index is 4.91. The molecule has 0 saturated heterocycles. The minimum Gasteiger partial charge on any atom is -0.396 e. The molecule has 0 aromatic carbocycles. The maximum Gasteiger partial charge on any atom is 0.114 e. The number of hydrogen-bond acceptors (Lipinski definition) is 4. The number of nitrogens with zero attached hydrogens (tertiary/aromatic N) is 2. The van der Waals surface area contributed by atoms with E-state index in [2.05, 4.69) is 10.1 Å². The van der Waals surface area contributed by atoms with Crippen molar-refractivity contribution in [3.8, 4) is 0 Å². The third-order valence-corrected chi connectivity index (χ3v) is 2.09. The molecule has 0 N–H and O–H groups in total. The smallest absolute Gasteiger partial charge is 0.114 e. The van der Waals surface area contributed by atoms with Crippen molar-refractivity contribution in [2.45, 2.75) is 20.8 Å². The number of rotatable bonds is 3. The van der Waals surface area contributed by atoms with Crippen molar-refractivity contribution in [3.63, 3.8) is 0 Å². The number of aromatic nitrogens is 1. The van der Waals surface area contributed by atoms with Crippen LogP contribution >= 0.6 is 11.3 Å². The quantitative estimate of drug-likeness (QED) is 0.533. The van der Waals surface area contributed by atoms with E-state index in [9.17, 15) is 0 Å². The molecule has 12 heavy (non-hydrogen) atoms. The van der Waals surface area contributed by atoms with Crippen molar-refractivity contribution in [2.24, 2.45) is 5.16 Å². The lowest BCUT2D eigenvalue weighted by molar-refractivity contribution is 0.159. The van der Waals surface area contributed by atoms with Gasteiger partial charge in [-0.2, -0.15) is 0 Å². The van der Waals surface area contributed by atoms with Crippen LogP contribution in [0.15, 0.2) is 10.5 Å². The standard InChI is InChI=1S/C8H12N2OS/c1-4-11-10-6(2)8-5-12-7(3)9-8/h5H,4H2,1-3H3/b10-6+. The number of hydrogen-bond donors (Lipinski definition) is 0. The predicted octanol–water partition coefficient (Wildman–Crippen LogP) is 2.21. The summed E-state index contributed by atoms with van der Waals surface area (Å²) in [6, 6.07) is 0. The summed E-state index contributed by atoms with van der Waals surface area (Å²) in [5.41, 5.74) is 1.74. The van der Waals surface area contributed by atoms with Gasteiger partial charge in [0.15, 0.2) is 0 Å². The fourth-order valence-electron chi connectivity index (χ4n) is 0.738. The van der Waals surface area contributed by atoms with Crippen molar-refractivity contribution in [3.05, 3.63) is 16.1 Å². The molecule has 3 nitrogen and oxygen atoms in total. The number of thiazole rings is 1. The van der Waals surface area contributed by atoms with Gasteiger partial charge in [0.1, 0.15) is 12.3 Å². The molecular weight excluding hydrogens is 172 g/mol. The summed E-state index contributed by atoms with van der Waals surface area (Å²) in [5.74, 6) is 0. The first-order chi connectivity index (χ1) is 5.74. The molecular formula is C8H12N2OS. The normalized spacial score (nSPS) is 11.8. The van der Waals surface area contributed by atoms with Gasteiger partial charge in [0.05, 0.1) is 10.7 Å². The molecule has 66 valence electrons. The summed E-state index contributed by atoms with van der Waals surface area (Å²) in [7, 11) is 0. The second-order valence-corrected chi connectivity index (χ2v) is 3.41. The molecule has 0 aliphatic carbocycles. The van der Waals surface area contributed by atoms with Crippen molar-refractivity contribution < 1.29 is 4.84 Å². The first kappa shape index (κ1) is 9.19. The average Bonchev–Trinajstić information content (AvgIpc) is 2.47. The van der Waals surface area contributed by atoms with Gasteiger partial charge < -0.3 is 4.84 Å². The lowest BCUT2D eigenvalue weighted by Gasteiger charge is -1.94. The minimum atomic E-state index is 0.598. The first-order valence-electron chi connectivity index (χ1n) is 3.83. The van der Waals surface area contributed by atoms with Gasteiger partial charge >= 0.3 is 0 Å². The van der Waals surface area contributed by atoms with E-state index in [0.717, 1.165) is 16.4 Å². The lowest BCUT2D eigenvalue weighted by Crippen LogP contribution is -1.96. The highest BCUT2D eigenvalue weighted by atomic mass is 32.1. The second kappa shape index (κ2) is 4.21. The predicted molar refractivity (Wildman–Crippen MR) is 50.7 cm³/mol. The van der Waals surface area contributed by atoms with Crippen molar-refractivity contribution in [1.82, 2.24) is 4.98 Å². The summed E-state index contributed by atoms with van der Waals surface area (Å²) < 4.78 is 0. The Morgan fingerprint density at radius 3 is 3.00 bits per heavy atom. The van der Waals surface area contributed by atoms with Gasteiger partial charge in [-0.05, 0) is 20.8 Å². The molecule has 0 spiro atoms. The molecule has 4 heteroatoms. The van der Waals surface area contributed by atoms with Crippen LogP contribution in [-0.4, -0.2) is 17.3 Å². The third kappa shape index (κ3) is 2.30. The molecule has 1 aromatic rings. The Kier molecular flexibility index (Phi) is 3.22. The third-order valence-electron chi connectivity index (χ3n) is 1.32. The fourth-order valence-corrected chi connectivity index (χ4v) is 1.39. The molecule has 0 radical (unpaired) electrons. The zero-order chi connectivity index (χ0) is 8.97. The topological polar surface area (TPSA) is 34.5 Å².